The first kappa shape index (κ1) is 14.5. The average molecular weight is 254 g/mol. The summed E-state index contributed by atoms with van der Waals surface area (Å²) >= 11 is 5.64. The molecular formula is C15H24ClN. The Labute approximate surface area is 111 Å². The average Bonchev–Trinajstić information content (AvgIpc) is 2.32. The van der Waals surface area contributed by atoms with Crippen LogP contribution in [0.3, 0.4) is 0 Å². The summed E-state index contributed by atoms with van der Waals surface area (Å²) in [5, 5.41) is 3.51. The lowest BCUT2D eigenvalue weighted by Gasteiger charge is -2.08. The molecule has 0 aliphatic carbocycles. The van der Waals surface area contributed by atoms with Gasteiger partial charge in [-0.05, 0) is 44.4 Å². The van der Waals surface area contributed by atoms with E-state index in [0.29, 0.717) is 0 Å². The standard InChI is InChI=1S/C15H24ClN/c1-13-7-8-14(2)15(11-13)12-17-10-6-4-3-5-9-16/h7-8,11,17H,3-6,9-10,12H2,1-2H3. The Kier molecular flexibility index (Phi) is 7.30. The zero-order valence-corrected chi connectivity index (χ0v) is 11.8. The van der Waals surface area contributed by atoms with Crippen molar-refractivity contribution < 1.29 is 0 Å². The van der Waals surface area contributed by atoms with E-state index in [2.05, 4.69) is 37.4 Å². The van der Waals surface area contributed by atoms with Gasteiger partial charge in [0.2, 0.25) is 0 Å². The van der Waals surface area contributed by atoms with Crippen molar-refractivity contribution in [3.63, 3.8) is 0 Å². The van der Waals surface area contributed by atoms with Gasteiger partial charge in [-0.1, -0.05) is 36.6 Å². The summed E-state index contributed by atoms with van der Waals surface area (Å²) in [6.45, 7) is 6.42. The van der Waals surface area contributed by atoms with Crippen molar-refractivity contribution in [1.29, 1.82) is 0 Å². The molecule has 1 nitrogen and oxygen atoms in total. The largest absolute Gasteiger partial charge is 0.313 e. The second-order valence-electron chi connectivity index (χ2n) is 4.71. The molecule has 0 heterocycles. The van der Waals surface area contributed by atoms with Crippen molar-refractivity contribution in [1.82, 2.24) is 5.32 Å². The quantitative estimate of drug-likeness (QED) is 0.541. The predicted octanol–water partition coefficient (Wildman–Crippen LogP) is 4.19. The Morgan fingerprint density at radius 3 is 2.59 bits per heavy atom. The summed E-state index contributed by atoms with van der Waals surface area (Å²) in [7, 11) is 0. The Bertz CT molecular complexity index is 323. The van der Waals surface area contributed by atoms with Crippen molar-refractivity contribution >= 4 is 11.6 Å². The number of nitrogens with one attached hydrogen (secondary N) is 1. The van der Waals surface area contributed by atoms with Crippen LogP contribution in [-0.2, 0) is 6.54 Å². The maximum atomic E-state index is 5.64. The predicted molar refractivity (Wildman–Crippen MR) is 76.8 cm³/mol. The van der Waals surface area contributed by atoms with Gasteiger partial charge in [0.25, 0.3) is 0 Å². The molecule has 1 N–H and O–H groups in total. The molecule has 0 aliphatic rings. The van der Waals surface area contributed by atoms with Crippen molar-refractivity contribution in [3.05, 3.63) is 34.9 Å². The van der Waals surface area contributed by atoms with E-state index < -0.39 is 0 Å². The smallest absolute Gasteiger partial charge is 0.0223 e. The Balaban J connectivity index is 2.15. The molecule has 1 rings (SSSR count). The molecule has 0 saturated heterocycles. The normalized spacial score (nSPS) is 10.8. The second kappa shape index (κ2) is 8.54. The van der Waals surface area contributed by atoms with Crippen LogP contribution in [0.25, 0.3) is 0 Å². The third-order valence-corrected chi connectivity index (χ3v) is 3.32. The van der Waals surface area contributed by atoms with Gasteiger partial charge in [-0.2, -0.15) is 0 Å². The highest BCUT2D eigenvalue weighted by molar-refractivity contribution is 6.17. The molecule has 0 saturated carbocycles. The molecule has 0 unspecified atom stereocenters. The van der Waals surface area contributed by atoms with E-state index in [1.54, 1.807) is 0 Å². The Morgan fingerprint density at radius 1 is 1.06 bits per heavy atom. The number of halogens is 1. The molecule has 0 aromatic heterocycles. The number of unbranched alkanes of at least 4 members (excludes halogenated alkanes) is 3. The van der Waals surface area contributed by atoms with Gasteiger partial charge in [-0.15, -0.1) is 11.6 Å². The van der Waals surface area contributed by atoms with E-state index in [9.17, 15) is 0 Å². The highest BCUT2D eigenvalue weighted by atomic mass is 35.5. The fourth-order valence-corrected chi connectivity index (χ4v) is 2.10. The summed E-state index contributed by atoms with van der Waals surface area (Å²) < 4.78 is 0. The first-order valence-corrected chi connectivity index (χ1v) is 7.10. The molecule has 0 aliphatic heterocycles. The van der Waals surface area contributed by atoms with Crippen LogP contribution < -0.4 is 5.32 Å². The van der Waals surface area contributed by atoms with Crippen LogP contribution in [-0.4, -0.2) is 12.4 Å². The molecule has 0 atom stereocenters. The highest BCUT2D eigenvalue weighted by Gasteiger charge is 1.98. The molecule has 1 aromatic carbocycles. The lowest BCUT2D eigenvalue weighted by molar-refractivity contribution is 0.598. The minimum Gasteiger partial charge on any atom is -0.313 e. The van der Waals surface area contributed by atoms with E-state index in [-0.39, 0.29) is 0 Å². The van der Waals surface area contributed by atoms with E-state index in [1.165, 1.54) is 36.0 Å². The molecule has 0 fully saturated rings. The molecule has 0 bridgehead atoms. The van der Waals surface area contributed by atoms with Gasteiger partial charge in [0, 0.05) is 12.4 Å². The summed E-state index contributed by atoms with van der Waals surface area (Å²) in [5.74, 6) is 0.802. The third kappa shape index (κ3) is 6.09. The molecule has 17 heavy (non-hydrogen) atoms. The zero-order valence-electron chi connectivity index (χ0n) is 11.1. The van der Waals surface area contributed by atoms with Crippen LogP contribution in [0.15, 0.2) is 18.2 Å². The number of aryl methyl sites for hydroxylation is 2. The minimum absolute atomic E-state index is 0.802. The van der Waals surface area contributed by atoms with Crippen LogP contribution in [0, 0.1) is 13.8 Å². The van der Waals surface area contributed by atoms with Crippen molar-refractivity contribution in [3.8, 4) is 0 Å². The number of hydrogen-bond acceptors (Lipinski definition) is 1. The van der Waals surface area contributed by atoms with Gasteiger partial charge in [0.05, 0.1) is 0 Å². The maximum Gasteiger partial charge on any atom is 0.0223 e. The monoisotopic (exact) mass is 253 g/mol. The van der Waals surface area contributed by atoms with Gasteiger partial charge in [0.15, 0.2) is 0 Å². The molecule has 1 aromatic rings. The SMILES string of the molecule is Cc1ccc(C)c(CNCCCCCCCl)c1. The van der Waals surface area contributed by atoms with Crippen LogP contribution in [0.5, 0.6) is 0 Å². The van der Waals surface area contributed by atoms with Gasteiger partial charge in [-0.3, -0.25) is 0 Å². The first-order chi connectivity index (χ1) is 8.24. The van der Waals surface area contributed by atoms with Gasteiger partial charge in [-0.25, -0.2) is 0 Å². The fraction of sp³-hybridized carbons (Fsp3) is 0.600. The van der Waals surface area contributed by atoms with Crippen LogP contribution >= 0.6 is 11.6 Å². The Morgan fingerprint density at radius 2 is 1.82 bits per heavy atom. The van der Waals surface area contributed by atoms with Crippen LogP contribution in [0.2, 0.25) is 0 Å². The van der Waals surface area contributed by atoms with Gasteiger partial charge in [0.1, 0.15) is 0 Å². The van der Waals surface area contributed by atoms with E-state index in [4.69, 9.17) is 11.6 Å². The molecular weight excluding hydrogens is 230 g/mol. The van der Waals surface area contributed by atoms with Crippen molar-refractivity contribution in [2.24, 2.45) is 0 Å². The summed E-state index contributed by atoms with van der Waals surface area (Å²) in [4.78, 5) is 0. The van der Waals surface area contributed by atoms with Gasteiger partial charge < -0.3 is 5.32 Å². The molecule has 0 spiro atoms. The van der Waals surface area contributed by atoms with Gasteiger partial charge >= 0.3 is 0 Å². The first-order valence-electron chi connectivity index (χ1n) is 6.57. The van der Waals surface area contributed by atoms with E-state index in [0.717, 1.165) is 25.4 Å². The van der Waals surface area contributed by atoms with E-state index in [1.807, 2.05) is 0 Å². The van der Waals surface area contributed by atoms with Crippen molar-refractivity contribution in [2.45, 2.75) is 46.1 Å². The lowest BCUT2D eigenvalue weighted by atomic mass is 10.1. The Hall–Kier alpha value is -0.530. The molecule has 2 heteroatoms. The maximum absolute atomic E-state index is 5.64. The molecule has 0 amide bonds. The van der Waals surface area contributed by atoms with E-state index >= 15 is 0 Å². The molecule has 96 valence electrons. The topological polar surface area (TPSA) is 12.0 Å². The highest BCUT2D eigenvalue weighted by Crippen LogP contribution is 2.10. The number of benzene rings is 1. The summed E-state index contributed by atoms with van der Waals surface area (Å²) in [6, 6.07) is 6.65. The second-order valence-corrected chi connectivity index (χ2v) is 5.09. The summed E-state index contributed by atoms with van der Waals surface area (Å²) in [5.41, 5.74) is 4.14. The lowest BCUT2D eigenvalue weighted by Crippen LogP contribution is -2.15. The number of rotatable bonds is 8. The molecule has 0 radical (unpaired) electrons. The summed E-state index contributed by atoms with van der Waals surface area (Å²) in [6.07, 6.45) is 4.95. The zero-order chi connectivity index (χ0) is 12.5. The van der Waals surface area contributed by atoms with Crippen LogP contribution in [0.1, 0.15) is 42.4 Å². The third-order valence-electron chi connectivity index (χ3n) is 3.06. The number of hydrogen-bond donors (Lipinski definition) is 1. The minimum atomic E-state index is 0.802. The number of alkyl halides is 1. The van der Waals surface area contributed by atoms with Crippen LogP contribution in [0.4, 0.5) is 0 Å². The van der Waals surface area contributed by atoms with Crippen molar-refractivity contribution in [2.75, 3.05) is 12.4 Å². The fourth-order valence-electron chi connectivity index (χ4n) is 1.91.